The van der Waals surface area contributed by atoms with Crippen molar-refractivity contribution < 1.29 is 9.84 Å². The van der Waals surface area contributed by atoms with Crippen molar-refractivity contribution in [3.63, 3.8) is 0 Å². The first-order valence-corrected chi connectivity index (χ1v) is 7.29. The van der Waals surface area contributed by atoms with Gasteiger partial charge in [-0.3, -0.25) is 0 Å². The van der Waals surface area contributed by atoms with E-state index in [1.54, 1.807) is 0 Å². The summed E-state index contributed by atoms with van der Waals surface area (Å²) in [7, 11) is 0. The highest BCUT2D eigenvalue weighted by Crippen LogP contribution is 2.60. The van der Waals surface area contributed by atoms with Gasteiger partial charge in [-0.05, 0) is 62.2 Å². The predicted octanol–water partition coefficient (Wildman–Crippen LogP) is 2.99. The lowest BCUT2D eigenvalue weighted by Crippen LogP contribution is -2.38. The minimum Gasteiger partial charge on any atom is -0.387 e. The van der Waals surface area contributed by atoms with Crippen molar-refractivity contribution in [2.24, 2.45) is 23.2 Å². The number of hydrogen-bond donors (Lipinski definition) is 1. The van der Waals surface area contributed by atoms with Gasteiger partial charge >= 0.3 is 0 Å². The molecule has 0 amide bonds. The monoisotopic (exact) mass is 238 g/mol. The molecule has 2 nitrogen and oxygen atoms in total. The molecule has 5 atom stereocenters. The van der Waals surface area contributed by atoms with Crippen LogP contribution in [0.15, 0.2) is 0 Å². The average molecular weight is 238 g/mol. The maximum atomic E-state index is 10.5. The van der Waals surface area contributed by atoms with E-state index in [0.717, 1.165) is 37.2 Å². The van der Waals surface area contributed by atoms with Crippen LogP contribution in [-0.2, 0) is 4.74 Å². The first-order valence-electron chi connectivity index (χ1n) is 7.29. The number of fused-ring (bicyclic) bond motifs is 1. The van der Waals surface area contributed by atoms with Crippen molar-refractivity contribution in [3.05, 3.63) is 0 Å². The molecule has 3 fully saturated rings. The molecule has 1 saturated heterocycles. The zero-order valence-corrected chi connectivity index (χ0v) is 11.4. The maximum Gasteiger partial charge on any atom is 0.0880 e. The van der Waals surface area contributed by atoms with Gasteiger partial charge in [0.2, 0.25) is 0 Å². The summed E-state index contributed by atoms with van der Waals surface area (Å²) in [6.45, 7) is 7.60. The minimum atomic E-state index is -0.588. The lowest BCUT2D eigenvalue weighted by molar-refractivity contribution is -0.0865. The van der Waals surface area contributed by atoms with Gasteiger partial charge in [0.25, 0.3) is 0 Å². The molecule has 1 N–H and O–H groups in total. The highest BCUT2D eigenvalue weighted by atomic mass is 16.5. The second-order valence-corrected chi connectivity index (χ2v) is 7.32. The van der Waals surface area contributed by atoms with E-state index in [1.807, 2.05) is 6.92 Å². The highest BCUT2D eigenvalue weighted by Gasteiger charge is 2.58. The first-order chi connectivity index (χ1) is 7.95. The van der Waals surface area contributed by atoms with E-state index in [4.69, 9.17) is 4.74 Å². The van der Waals surface area contributed by atoms with Crippen LogP contribution < -0.4 is 0 Å². The van der Waals surface area contributed by atoms with Crippen LogP contribution in [0.1, 0.15) is 52.9 Å². The summed E-state index contributed by atoms with van der Waals surface area (Å²) in [6, 6.07) is 0. The largest absolute Gasteiger partial charge is 0.387 e. The molecule has 0 aromatic heterocycles. The van der Waals surface area contributed by atoms with Crippen LogP contribution in [0.25, 0.3) is 0 Å². The topological polar surface area (TPSA) is 29.5 Å². The predicted molar refractivity (Wildman–Crippen MR) is 67.7 cm³/mol. The Hall–Kier alpha value is -0.0800. The van der Waals surface area contributed by atoms with Gasteiger partial charge in [0.15, 0.2) is 0 Å². The van der Waals surface area contributed by atoms with E-state index in [9.17, 15) is 5.11 Å². The number of hydrogen-bond acceptors (Lipinski definition) is 2. The zero-order chi connectivity index (χ0) is 12.3. The molecule has 0 radical (unpaired) electrons. The van der Waals surface area contributed by atoms with Gasteiger partial charge < -0.3 is 9.84 Å². The molecule has 2 aliphatic carbocycles. The SMILES string of the molecule is CC(C)C1CC[C@]23CO[C@H](C2)[C@](C)(O)CC[C@@H]13. The van der Waals surface area contributed by atoms with Crippen LogP contribution >= 0.6 is 0 Å². The molecule has 2 saturated carbocycles. The van der Waals surface area contributed by atoms with Crippen LogP contribution in [0.4, 0.5) is 0 Å². The first kappa shape index (κ1) is 12.0. The van der Waals surface area contributed by atoms with Crippen molar-refractivity contribution in [1.29, 1.82) is 0 Å². The van der Waals surface area contributed by atoms with Crippen LogP contribution in [0, 0.1) is 23.2 Å². The van der Waals surface area contributed by atoms with Crippen LogP contribution in [0.3, 0.4) is 0 Å². The molecule has 1 aliphatic heterocycles. The number of ether oxygens (including phenoxy) is 1. The Morgan fingerprint density at radius 1 is 1.24 bits per heavy atom. The minimum absolute atomic E-state index is 0.0958. The summed E-state index contributed by atoms with van der Waals surface area (Å²) in [5, 5.41) is 10.5. The Kier molecular flexibility index (Phi) is 2.61. The van der Waals surface area contributed by atoms with E-state index >= 15 is 0 Å². The van der Waals surface area contributed by atoms with Crippen molar-refractivity contribution >= 4 is 0 Å². The third kappa shape index (κ3) is 1.67. The van der Waals surface area contributed by atoms with Gasteiger partial charge in [-0.1, -0.05) is 13.8 Å². The fraction of sp³-hybridized carbons (Fsp3) is 1.00. The fourth-order valence-electron chi connectivity index (χ4n) is 4.81. The van der Waals surface area contributed by atoms with Crippen LogP contribution in [0.2, 0.25) is 0 Å². The number of rotatable bonds is 1. The summed E-state index contributed by atoms with van der Waals surface area (Å²) >= 11 is 0. The van der Waals surface area contributed by atoms with Crippen molar-refractivity contribution in [3.8, 4) is 0 Å². The van der Waals surface area contributed by atoms with Crippen molar-refractivity contribution in [2.45, 2.75) is 64.6 Å². The lowest BCUT2D eigenvalue weighted by atomic mass is 9.71. The van der Waals surface area contributed by atoms with Gasteiger partial charge in [0.05, 0.1) is 18.3 Å². The average Bonchev–Trinajstić information content (AvgIpc) is 2.79. The van der Waals surface area contributed by atoms with E-state index in [0.29, 0.717) is 5.41 Å². The Balaban J connectivity index is 1.90. The van der Waals surface area contributed by atoms with Crippen molar-refractivity contribution in [2.75, 3.05) is 6.61 Å². The summed E-state index contributed by atoms with van der Waals surface area (Å²) in [5.41, 5.74) is -0.171. The van der Waals surface area contributed by atoms with Gasteiger partial charge in [-0.25, -0.2) is 0 Å². The Labute approximate surface area is 105 Å². The van der Waals surface area contributed by atoms with E-state index < -0.39 is 5.60 Å². The molecule has 2 heteroatoms. The lowest BCUT2D eigenvalue weighted by Gasteiger charge is -2.34. The normalized spacial score (nSPS) is 53.8. The van der Waals surface area contributed by atoms with Crippen LogP contribution in [0.5, 0.6) is 0 Å². The molecule has 1 unspecified atom stereocenters. The number of aliphatic hydroxyl groups is 1. The molecule has 3 rings (SSSR count). The van der Waals surface area contributed by atoms with Crippen LogP contribution in [-0.4, -0.2) is 23.4 Å². The highest BCUT2D eigenvalue weighted by molar-refractivity contribution is 5.07. The maximum absolute atomic E-state index is 10.5. The van der Waals surface area contributed by atoms with Gasteiger partial charge in [-0.2, -0.15) is 0 Å². The molecule has 1 heterocycles. The van der Waals surface area contributed by atoms with E-state index in [-0.39, 0.29) is 6.10 Å². The molecule has 1 spiro atoms. The fourth-order valence-corrected chi connectivity index (χ4v) is 4.81. The molecule has 2 bridgehead atoms. The molecule has 17 heavy (non-hydrogen) atoms. The second-order valence-electron chi connectivity index (χ2n) is 7.32. The van der Waals surface area contributed by atoms with E-state index in [2.05, 4.69) is 13.8 Å². The van der Waals surface area contributed by atoms with Gasteiger partial charge in [-0.15, -0.1) is 0 Å². The molecule has 0 aromatic carbocycles. The second kappa shape index (κ2) is 3.71. The third-order valence-electron chi connectivity index (χ3n) is 5.95. The van der Waals surface area contributed by atoms with Gasteiger partial charge in [0, 0.05) is 0 Å². The Morgan fingerprint density at radius 2 is 2.00 bits per heavy atom. The Morgan fingerprint density at radius 3 is 2.71 bits per heavy atom. The molecule has 3 aliphatic rings. The summed E-state index contributed by atoms with van der Waals surface area (Å²) in [4.78, 5) is 0. The summed E-state index contributed by atoms with van der Waals surface area (Å²) in [6.07, 6.45) is 6.03. The standard InChI is InChI=1S/C15H26O2/c1-10(2)11-4-7-15-8-13(17-9-15)14(3,16)6-5-12(11)15/h10-13,16H,4-9H2,1-3H3/t11?,12-,13+,14+,15+/m0/s1. The third-order valence-corrected chi connectivity index (χ3v) is 5.95. The molecule has 98 valence electrons. The summed E-state index contributed by atoms with van der Waals surface area (Å²) < 4.78 is 5.95. The Bertz CT molecular complexity index is 304. The quantitative estimate of drug-likeness (QED) is 0.761. The smallest absolute Gasteiger partial charge is 0.0880 e. The summed E-state index contributed by atoms with van der Waals surface area (Å²) in [5.74, 6) is 2.43. The molecule has 0 aromatic rings. The van der Waals surface area contributed by atoms with Gasteiger partial charge in [0.1, 0.15) is 0 Å². The molecular formula is C15H26O2. The van der Waals surface area contributed by atoms with Crippen molar-refractivity contribution in [1.82, 2.24) is 0 Å². The molecular weight excluding hydrogens is 212 g/mol. The zero-order valence-electron chi connectivity index (χ0n) is 11.4. The van der Waals surface area contributed by atoms with E-state index in [1.165, 1.54) is 19.3 Å².